The predicted molar refractivity (Wildman–Crippen MR) is 183 cm³/mol. The van der Waals surface area contributed by atoms with E-state index in [0.717, 1.165) is 36.0 Å². The van der Waals surface area contributed by atoms with Crippen molar-refractivity contribution >= 4 is 11.9 Å². The highest BCUT2D eigenvalue weighted by Crippen LogP contribution is 2.59. The van der Waals surface area contributed by atoms with Crippen molar-refractivity contribution < 1.29 is 29.3 Å². The minimum Gasteiger partial charge on any atom is -0.494 e. The third-order valence-electron chi connectivity index (χ3n) is 10.1. The van der Waals surface area contributed by atoms with Crippen LogP contribution in [0.2, 0.25) is 0 Å². The van der Waals surface area contributed by atoms with Crippen molar-refractivity contribution in [1.82, 2.24) is 5.32 Å². The number of aliphatic carboxylic acids is 2. The number of allylic oxidation sites excluding steroid dienone is 1. The van der Waals surface area contributed by atoms with Crippen LogP contribution in [0.4, 0.5) is 0 Å². The molecule has 0 bridgehead atoms. The molecular formula is C38H63NO6. The highest BCUT2D eigenvalue weighted by molar-refractivity contribution is 5.92. The molecule has 0 saturated carbocycles. The highest BCUT2D eigenvalue weighted by atomic mass is 16.5. The molecule has 0 radical (unpaired) electrons. The number of carboxylic acids is 2. The molecule has 0 fully saturated rings. The number of hydrogen-bond donors (Lipinski definition) is 3. The lowest BCUT2D eigenvalue weighted by molar-refractivity contribution is -0.173. The van der Waals surface area contributed by atoms with Crippen LogP contribution in [0.15, 0.2) is 29.5 Å². The Bertz CT molecular complexity index is 1100. The van der Waals surface area contributed by atoms with E-state index in [1.54, 1.807) is 7.11 Å². The Hall–Kier alpha value is -2.54. The van der Waals surface area contributed by atoms with Gasteiger partial charge in [0.15, 0.2) is 0 Å². The molecule has 2 rings (SSSR count). The molecule has 3 atom stereocenters. The van der Waals surface area contributed by atoms with Gasteiger partial charge in [0.2, 0.25) is 0 Å². The number of nitrogens with one attached hydrogen (secondary N) is 1. The molecular weight excluding hydrogens is 566 g/mol. The largest absolute Gasteiger partial charge is 0.494 e. The molecule has 1 aromatic carbocycles. The predicted octanol–water partition coefficient (Wildman–Crippen LogP) is 9.29. The standard InChI is InChI=1S/C38H63NO6/c1-8-10-11-12-13-14-15-16-17-18-19-20-21-23-30-24-22-25-32(45-9-2)33(30)34-31(26-27-44-7)29(5)39-37(6,35(40)41)38(34,28(3)4)36(42)43/h22,24-25,28,34,39H,8-21,23,26-27H2,1-7H3,(H,40,41)(H,42,43). The summed E-state index contributed by atoms with van der Waals surface area (Å²) >= 11 is 0. The second-order valence-electron chi connectivity index (χ2n) is 13.5. The van der Waals surface area contributed by atoms with Crippen molar-refractivity contribution in [3.05, 3.63) is 40.6 Å². The quantitative estimate of drug-likeness (QED) is 0.104. The zero-order valence-electron chi connectivity index (χ0n) is 29.4. The average molecular weight is 630 g/mol. The molecule has 0 amide bonds. The summed E-state index contributed by atoms with van der Waals surface area (Å²) in [4.78, 5) is 26.7. The SMILES string of the molecule is CCCCCCCCCCCCCCCc1cccc(OCC)c1C1C(CCOC)=C(C)NC(C)(C(=O)O)C1(C(=O)O)C(C)C. The molecule has 1 heterocycles. The Labute approximate surface area is 273 Å². The second-order valence-corrected chi connectivity index (χ2v) is 13.5. The van der Waals surface area contributed by atoms with Crippen LogP contribution in [0.1, 0.15) is 148 Å². The summed E-state index contributed by atoms with van der Waals surface area (Å²) in [5.74, 6) is -2.90. The van der Waals surface area contributed by atoms with Gasteiger partial charge in [-0.3, -0.25) is 4.79 Å². The molecule has 1 aromatic rings. The Kier molecular flexibility index (Phi) is 16.5. The fourth-order valence-electron chi connectivity index (χ4n) is 7.76. The number of unbranched alkanes of at least 4 members (excludes halogenated alkanes) is 12. The molecule has 45 heavy (non-hydrogen) atoms. The van der Waals surface area contributed by atoms with Crippen molar-refractivity contribution in [1.29, 1.82) is 0 Å². The number of rotatable bonds is 23. The van der Waals surface area contributed by atoms with Crippen molar-refractivity contribution in [3.8, 4) is 5.75 Å². The lowest BCUT2D eigenvalue weighted by Gasteiger charge is -2.55. The first kappa shape index (κ1) is 38.6. The molecule has 1 aliphatic rings. The first-order valence-electron chi connectivity index (χ1n) is 17.7. The minimum absolute atomic E-state index is 0.396. The van der Waals surface area contributed by atoms with Crippen molar-refractivity contribution in [2.45, 2.75) is 149 Å². The molecule has 7 heteroatoms. The van der Waals surface area contributed by atoms with E-state index < -0.39 is 34.7 Å². The Morgan fingerprint density at radius 1 is 0.867 bits per heavy atom. The van der Waals surface area contributed by atoms with E-state index in [1.165, 1.54) is 77.6 Å². The van der Waals surface area contributed by atoms with Gasteiger partial charge in [0.25, 0.3) is 0 Å². The minimum atomic E-state index is -1.76. The van der Waals surface area contributed by atoms with E-state index >= 15 is 0 Å². The van der Waals surface area contributed by atoms with Gasteiger partial charge in [0.1, 0.15) is 16.7 Å². The van der Waals surface area contributed by atoms with Crippen LogP contribution in [-0.2, 0) is 20.7 Å². The van der Waals surface area contributed by atoms with Crippen molar-refractivity contribution in [2.24, 2.45) is 11.3 Å². The van der Waals surface area contributed by atoms with Gasteiger partial charge in [-0.2, -0.15) is 0 Å². The zero-order chi connectivity index (χ0) is 33.5. The Morgan fingerprint density at radius 3 is 1.89 bits per heavy atom. The molecule has 7 nitrogen and oxygen atoms in total. The second kappa shape index (κ2) is 19.2. The third-order valence-corrected chi connectivity index (χ3v) is 10.1. The van der Waals surface area contributed by atoms with Crippen LogP contribution < -0.4 is 10.1 Å². The third kappa shape index (κ3) is 9.27. The van der Waals surface area contributed by atoms with Crippen molar-refractivity contribution in [2.75, 3.05) is 20.3 Å². The van der Waals surface area contributed by atoms with Gasteiger partial charge in [0.05, 0.1) is 6.61 Å². The maximum absolute atomic E-state index is 13.6. The van der Waals surface area contributed by atoms with Gasteiger partial charge in [-0.15, -0.1) is 0 Å². The molecule has 0 saturated heterocycles. The maximum Gasteiger partial charge on any atom is 0.330 e. The number of carboxylic acid groups (broad SMARTS) is 2. The van der Waals surface area contributed by atoms with Gasteiger partial charge in [-0.05, 0) is 63.2 Å². The smallest absolute Gasteiger partial charge is 0.330 e. The summed E-state index contributed by atoms with van der Waals surface area (Å²) in [6, 6.07) is 5.96. The van der Waals surface area contributed by atoms with E-state index in [4.69, 9.17) is 9.47 Å². The lowest BCUT2D eigenvalue weighted by atomic mass is 9.51. The summed E-state index contributed by atoms with van der Waals surface area (Å²) in [6.07, 6.45) is 17.9. The van der Waals surface area contributed by atoms with Gasteiger partial charge in [-0.1, -0.05) is 110 Å². The molecule has 0 aromatic heterocycles. The summed E-state index contributed by atoms with van der Waals surface area (Å²) < 4.78 is 11.7. The molecule has 3 N–H and O–H groups in total. The number of aryl methyl sites for hydroxylation is 1. The van der Waals surface area contributed by atoms with Crippen LogP contribution in [0.25, 0.3) is 0 Å². The highest BCUT2D eigenvalue weighted by Gasteiger charge is 2.68. The number of ether oxygens (including phenoxy) is 2. The lowest BCUT2D eigenvalue weighted by Crippen LogP contribution is -2.70. The van der Waals surface area contributed by atoms with Gasteiger partial charge >= 0.3 is 11.9 Å². The van der Waals surface area contributed by atoms with Gasteiger partial charge in [0, 0.05) is 30.9 Å². The van der Waals surface area contributed by atoms with Crippen LogP contribution in [0, 0.1) is 11.3 Å². The molecule has 3 unspecified atom stereocenters. The summed E-state index contributed by atoms with van der Waals surface area (Å²) in [6.45, 7) is 12.1. The van der Waals surface area contributed by atoms with Crippen LogP contribution in [-0.4, -0.2) is 48.0 Å². The molecule has 0 spiro atoms. The van der Waals surface area contributed by atoms with Crippen LogP contribution >= 0.6 is 0 Å². The van der Waals surface area contributed by atoms with Crippen LogP contribution in [0.5, 0.6) is 5.75 Å². The van der Waals surface area contributed by atoms with E-state index in [1.807, 2.05) is 39.8 Å². The maximum atomic E-state index is 13.6. The average Bonchev–Trinajstić information content (AvgIpc) is 2.98. The summed E-state index contributed by atoms with van der Waals surface area (Å²) in [7, 11) is 1.63. The van der Waals surface area contributed by atoms with E-state index in [2.05, 4.69) is 18.3 Å². The van der Waals surface area contributed by atoms with E-state index in [-0.39, 0.29) is 0 Å². The van der Waals surface area contributed by atoms with E-state index in [0.29, 0.717) is 31.1 Å². The normalized spacial score (nSPS) is 21.6. The first-order chi connectivity index (χ1) is 21.5. The number of hydrogen-bond acceptors (Lipinski definition) is 5. The summed E-state index contributed by atoms with van der Waals surface area (Å²) in [5.41, 5.74) is -0.0429. The van der Waals surface area contributed by atoms with Gasteiger partial charge < -0.3 is 25.0 Å². The fraction of sp³-hybridized carbons (Fsp3) is 0.737. The fourth-order valence-corrected chi connectivity index (χ4v) is 7.76. The Morgan fingerprint density at radius 2 is 1.42 bits per heavy atom. The van der Waals surface area contributed by atoms with Crippen molar-refractivity contribution in [3.63, 3.8) is 0 Å². The van der Waals surface area contributed by atoms with Crippen LogP contribution in [0.3, 0.4) is 0 Å². The topological polar surface area (TPSA) is 105 Å². The zero-order valence-corrected chi connectivity index (χ0v) is 29.4. The molecule has 0 aliphatic carbocycles. The number of benzene rings is 1. The van der Waals surface area contributed by atoms with Gasteiger partial charge in [-0.25, -0.2) is 4.79 Å². The molecule has 1 aliphatic heterocycles. The van der Waals surface area contributed by atoms with E-state index in [9.17, 15) is 19.8 Å². The number of carbonyl (C=O) groups is 2. The number of methoxy groups -OCH3 is 1. The molecule has 256 valence electrons. The summed E-state index contributed by atoms with van der Waals surface area (Å²) in [5, 5.41) is 24.9. The Balaban J connectivity index is 2.37. The first-order valence-corrected chi connectivity index (χ1v) is 17.7. The monoisotopic (exact) mass is 629 g/mol.